The van der Waals surface area contributed by atoms with Crippen LogP contribution in [0.2, 0.25) is 0 Å². The molecule has 0 spiro atoms. The molecule has 0 aromatic heterocycles. The van der Waals surface area contributed by atoms with Crippen LogP contribution < -0.4 is 0 Å². The Hall–Kier alpha value is -0.660. The van der Waals surface area contributed by atoms with Crippen LogP contribution in [0.4, 0.5) is 0 Å². The molecule has 0 unspecified atom stereocenters. The van der Waals surface area contributed by atoms with Crippen molar-refractivity contribution >= 4 is 15.9 Å². The molecule has 0 aromatic rings. The van der Waals surface area contributed by atoms with Crippen molar-refractivity contribution in [2.45, 2.75) is 26.9 Å². The van der Waals surface area contributed by atoms with Gasteiger partial charge in [0.1, 0.15) is 6.61 Å². The second kappa shape index (κ2) is 6.49. The summed E-state index contributed by atoms with van der Waals surface area (Å²) in [6.07, 6.45) is 0.0238. The van der Waals surface area contributed by atoms with Gasteiger partial charge in [-0.05, 0) is 20.8 Å². The monoisotopic (exact) mass is 278 g/mol. The Morgan fingerprint density at radius 1 is 1.22 bits per heavy atom. The lowest BCUT2D eigenvalue weighted by atomic mass is 10.3. The Kier molecular flexibility index (Phi) is 5.55. The summed E-state index contributed by atoms with van der Waals surface area (Å²) in [5, 5.41) is 0. The number of carbonyl (C=O) groups excluding carboxylic acids is 1. The van der Waals surface area contributed by atoms with Crippen molar-refractivity contribution in [2.24, 2.45) is 0 Å². The molecule has 6 nitrogen and oxygen atoms in total. The topological polar surface area (TPSA) is 66.9 Å². The van der Waals surface area contributed by atoms with Crippen LogP contribution in [0, 0.1) is 0 Å². The lowest BCUT2D eigenvalue weighted by molar-refractivity contribution is -0.138. The van der Waals surface area contributed by atoms with E-state index in [1.165, 1.54) is 4.31 Å². The summed E-state index contributed by atoms with van der Waals surface area (Å²) in [6.45, 7) is 7.09. The van der Waals surface area contributed by atoms with E-state index in [1.807, 2.05) is 13.8 Å². The van der Waals surface area contributed by atoms with E-state index in [0.717, 1.165) is 0 Å². The summed E-state index contributed by atoms with van der Waals surface area (Å²) < 4.78 is 30.0. The van der Waals surface area contributed by atoms with Gasteiger partial charge in [-0.1, -0.05) is 0 Å². The number of ether oxygens (including phenoxy) is 1. The quantitative estimate of drug-likeness (QED) is 0.704. The molecular weight excluding hydrogens is 256 g/mol. The van der Waals surface area contributed by atoms with Crippen LogP contribution >= 0.6 is 0 Å². The van der Waals surface area contributed by atoms with E-state index in [4.69, 9.17) is 4.74 Å². The second-order valence-corrected chi connectivity index (χ2v) is 6.80. The molecule has 0 radical (unpaired) electrons. The molecule has 1 heterocycles. The van der Waals surface area contributed by atoms with Crippen LogP contribution in [-0.4, -0.2) is 68.2 Å². The summed E-state index contributed by atoms with van der Waals surface area (Å²) in [4.78, 5) is 13.4. The molecule has 1 amide bonds. The van der Waals surface area contributed by atoms with Gasteiger partial charge in [0, 0.05) is 26.2 Å². The van der Waals surface area contributed by atoms with E-state index >= 15 is 0 Å². The van der Waals surface area contributed by atoms with Crippen molar-refractivity contribution in [1.29, 1.82) is 0 Å². The van der Waals surface area contributed by atoms with Crippen LogP contribution in [0.1, 0.15) is 20.8 Å². The first-order chi connectivity index (χ1) is 8.36. The summed E-state index contributed by atoms with van der Waals surface area (Å²) in [5.41, 5.74) is 0. The van der Waals surface area contributed by atoms with Gasteiger partial charge in [0.15, 0.2) is 0 Å². The normalized spacial score (nSPS) is 18.3. The number of rotatable bonds is 5. The van der Waals surface area contributed by atoms with Crippen LogP contribution in [0.25, 0.3) is 0 Å². The molecule has 0 saturated carbocycles. The number of hydrogen-bond donors (Lipinski definition) is 0. The zero-order valence-electron chi connectivity index (χ0n) is 11.3. The first kappa shape index (κ1) is 15.4. The standard InChI is InChI=1S/C11H22N2O4S/c1-4-18(15,16)13-7-5-12(6-8-13)11(14)9-17-10(2)3/h10H,4-9H2,1-3H3. The minimum absolute atomic E-state index is 0.0238. The van der Waals surface area contributed by atoms with Crippen molar-refractivity contribution in [3.63, 3.8) is 0 Å². The third-order valence-electron chi connectivity index (χ3n) is 2.89. The van der Waals surface area contributed by atoms with Gasteiger partial charge in [-0.3, -0.25) is 4.79 Å². The fourth-order valence-corrected chi connectivity index (χ4v) is 2.81. The van der Waals surface area contributed by atoms with Gasteiger partial charge >= 0.3 is 0 Å². The molecule has 18 heavy (non-hydrogen) atoms. The zero-order chi connectivity index (χ0) is 13.8. The Morgan fingerprint density at radius 3 is 2.22 bits per heavy atom. The van der Waals surface area contributed by atoms with Crippen molar-refractivity contribution in [1.82, 2.24) is 9.21 Å². The van der Waals surface area contributed by atoms with Gasteiger partial charge in [0.25, 0.3) is 0 Å². The second-order valence-electron chi connectivity index (χ2n) is 4.54. The molecule has 0 atom stereocenters. The SMILES string of the molecule is CCS(=O)(=O)N1CCN(C(=O)COC(C)C)CC1. The van der Waals surface area contributed by atoms with E-state index in [-0.39, 0.29) is 24.4 Å². The number of sulfonamides is 1. The van der Waals surface area contributed by atoms with Gasteiger partial charge in [-0.15, -0.1) is 0 Å². The molecule has 0 N–H and O–H groups in total. The van der Waals surface area contributed by atoms with Crippen LogP contribution in [0.15, 0.2) is 0 Å². The summed E-state index contributed by atoms with van der Waals surface area (Å²) in [7, 11) is -3.13. The molecule has 1 aliphatic heterocycles. The van der Waals surface area contributed by atoms with E-state index in [1.54, 1.807) is 11.8 Å². The van der Waals surface area contributed by atoms with E-state index in [2.05, 4.69) is 0 Å². The maximum Gasteiger partial charge on any atom is 0.248 e. The van der Waals surface area contributed by atoms with Crippen LogP contribution in [0.3, 0.4) is 0 Å². The lowest BCUT2D eigenvalue weighted by Gasteiger charge is -2.33. The first-order valence-electron chi connectivity index (χ1n) is 6.24. The largest absolute Gasteiger partial charge is 0.369 e. The number of nitrogens with zero attached hydrogens (tertiary/aromatic N) is 2. The molecule has 1 rings (SSSR count). The molecule has 0 aliphatic carbocycles. The number of piperazine rings is 1. The summed E-state index contributed by atoms with van der Waals surface area (Å²) >= 11 is 0. The van der Waals surface area contributed by atoms with E-state index in [0.29, 0.717) is 26.2 Å². The Balaban J connectivity index is 2.42. The van der Waals surface area contributed by atoms with Gasteiger partial charge in [-0.25, -0.2) is 8.42 Å². The predicted octanol–water partition coefficient (Wildman–Crippen LogP) is -0.0947. The molecule has 1 aliphatic rings. The highest BCUT2D eigenvalue weighted by Gasteiger charge is 2.27. The highest BCUT2D eigenvalue weighted by atomic mass is 32.2. The highest BCUT2D eigenvalue weighted by molar-refractivity contribution is 7.89. The average molecular weight is 278 g/mol. The van der Waals surface area contributed by atoms with Crippen molar-refractivity contribution in [3.8, 4) is 0 Å². The van der Waals surface area contributed by atoms with E-state index < -0.39 is 10.0 Å². The first-order valence-corrected chi connectivity index (χ1v) is 7.85. The fourth-order valence-electron chi connectivity index (χ4n) is 1.73. The molecule has 1 saturated heterocycles. The number of hydrogen-bond acceptors (Lipinski definition) is 4. The Bertz CT molecular complexity index is 373. The van der Waals surface area contributed by atoms with Gasteiger partial charge in [-0.2, -0.15) is 4.31 Å². The molecular formula is C11H22N2O4S. The van der Waals surface area contributed by atoms with Crippen LogP contribution in [0.5, 0.6) is 0 Å². The van der Waals surface area contributed by atoms with Crippen molar-refractivity contribution in [2.75, 3.05) is 38.5 Å². The third-order valence-corrected chi connectivity index (χ3v) is 4.77. The smallest absolute Gasteiger partial charge is 0.248 e. The lowest BCUT2D eigenvalue weighted by Crippen LogP contribution is -2.51. The Morgan fingerprint density at radius 2 is 1.78 bits per heavy atom. The minimum atomic E-state index is -3.13. The van der Waals surface area contributed by atoms with Gasteiger partial charge in [0.2, 0.25) is 15.9 Å². The van der Waals surface area contributed by atoms with Crippen LogP contribution in [-0.2, 0) is 19.6 Å². The third kappa shape index (κ3) is 4.22. The highest BCUT2D eigenvalue weighted by Crippen LogP contribution is 2.08. The molecule has 7 heteroatoms. The van der Waals surface area contributed by atoms with Crippen molar-refractivity contribution in [3.05, 3.63) is 0 Å². The number of carbonyl (C=O) groups is 1. The summed E-state index contributed by atoms with van der Waals surface area (Å²) in [6, 6.07) is 0. The van der Waals surface area contributed by atoms with Crippen molar-refractivity contribution < 1.29 is 17.9 Å². The predicted molar refractivity (Wildman–Crippen MR) is 68.7 cm³/mol. The van der Waals surface area contributed by atoms with Gasteiger partial charge < -0.3 is 9.64 Å². The minimum Gasteiger partial charge on any atom is -0.369 e. The van der Waals surface area contributed by atoms with Gasteiger partial charge in [0.05, 0.1) is 11.9 Å². The fraction of sp³-hybridized carbons (Fsp3) is 0.909. The summed E-state index contributed by atoms with van der Waals surface area (Å²) in [5.74, 6) is 0.0365. The molecule has 0 bridgehead atoms. The number of amides is 1. The average Bonchev–Trinajstić information content (AvgIpc) is 2.36. The zero-order valence-corrected chi connectivity index (χ0v) is 12.1. The maximum absolute atomic E-state index is 11.8. The Labute approximate surface area is 109 Å². The molecule has 1 fully saturated rings. The molecule has 0 aromatic carbocycles. The maximum atomic E-state index is 11.8. The molecule has 106 valence electrons. The van der Waals surface area contributed by atoms with E-state index in [9.17, 15) is 13.2 Å².